The quantitative estimate of drug-likeness (QED) is 0.597. The highest BCUT2D eigenvalue weighted by atomic mass is 16.4. The van der Waals surface area contributed by atoms with Crippen LogP contribution in [0.25, 0.3) is 11.0 Å². The van der Waals surface area contributed by atoms with Crippen LogP contribution in [0.15, 0.2) is 48.5 Å². The lowest BCUT2D eigenvalue weighted by atomic mass is 9.70. The standard InChI is InChI=1S/C23H27N3O2/c1-15-12-18(14-23(2,3)13-15)26-20-7-5-4-6-19(20)25-22(26)24-17-10-8-16(9-11-17)21(27)28/h4-11,15,18H,12-14H2,1-3H3,(H,24,25)(H,27,28). The van der Waals surface area contributed by atoms with E-state index in [9.17, 15) is 4.79 Å². The molecule has 4 rings (SSSR count). The second kappa shape index (κ2) is 6.97. The van der Waals surface area contributed by atoms with Crippen LogP contribution in [0.3, 0.4) is 0 Å². The summed E-state index contributed by atoms with van der Waals surface area (Å²) in [5.41, 5.74) is 3.53. The fraction of sp³-hybridized carbons (Fsp3) is 0.391. The maximum Gasteiger partial charge on any atom is 0.335 e. The summed E-state index contributed by atoms with van der Waals surface area (Å²) in [4.78, 5) is 16.0. The first-order chi connectivity index (χ1) is 13.3. The van der Waals surface area contributed by atoms with E-state index in [0.29, 0.717) is 17.4 Å². The number of hydrogen-bond acceptors (Lipinski definition) is 3. The monoisotopic (exact) mass is 377 g/mol. The number of hydrogen-bond donors (Lipinski definition) is 2. The number of nitrogens with zero attached hydrogens (tertiary/aromatic N) is 2. The van der Waals surface area contributed by atoms with Crippen LogP contribution in [0.5, 0.6) is 0 Å². The van der Waals surface area contributed by atoms with Gasteiger partial charge in [-0.05, 0) is 67.0 Å². The molecule has 0 bridgehead atoms. The molecule has 5 heteroatoms. The first-order valence-corrected chi connectivity index (χ1v) is 9.90. The van der Waals surface area contributed by atoms with Crippen molar-refractivity contribution < 1.29 is 9.90 Å². The molecule has 5 nitrogen and oxygen atoms in total. The Morgan fingerprint density at radius 3 is 2.54 bits per heavy atom. The summed E-state index contributed by atoms with van der Waals surface area (Å²) in [5.74, 6) is 0.564. The number of aromatic nitrogens is 2. The molecule has 1 aliphatic carbocycles. The van der Waals surface area contributed by atoms with Crippen LogP contribution in [-0.2, 0) is 0 Å². The van der Waals surface area contributed by atoms with Crippen molar-refractivity contribution in [3.8, 4) is 0 Å². The number of para-hydroxylation sites is 2. The number of carbonyl (C=O) groups is 1. The fourth-order valence-electron chi connectivity index (χ4n) is 4.82. The van der Waals surface area contributed by atoms with E-state index in [1.165, 1.54) is 6.42 Å². The van der Waals surface area contributed by atoms with Gasteiger partial charge in [-0.15, -0.1) is 0 Å². The predicted octanol–water partition coefficient (Wildman–Crippen LogP) is 5.87. The lowest BCUT2D eigenvalue weighted by molar-refractivity contribution is 0.0697. The zero-order chi connectivity index (χ0) is 19.9. The molecule has 1 saturated carbocycles. The minimum atomic E-state index is -0.919. The lowest BCUT2D eigenvalue weighted by Crippen LogP contribution is -2.29. The second-order valence-corrected chi connectivity index (χ2v) is 8.87. The molecule has 146 valence electrons. The number of imidazole rings is 1. The van der Waals surface area contributed by atoms with Crippen LogP contribution >= 0.6 is 0 Å². The lowest BCUT2D eigenvalue weighted by Gasteiger charge is -2.40. The molecule has 2 aromatic carbocycles. The third-order valence-corrected chi connectivity index (χ3v) is 5.71. The van der Waals surface area contributed by atoms with Crippen LogP contribution in [0.4, 0.5) is 11.6 Å². The molecule has 0 amide bonds. The number of carboxylic acids is 1. The van der Waals surface area contributed by atoms with E-state index in [0.717, 1.165) is 35.5 Å². The molecular formula is C23H27N3O2. The molecule has 0 spiro atoms. The van der Waals surface area contributed by atoms with Gasteiger partial charge in [-0.25, -0.2) is 9.78 Å². The molecule has 2 atom stereocenters. The maximum atomic E-state index is 11.1. The molecule has 1 fully saturated rings. The van der Waals surface area contributed by atoms with Crippen molar-refractivity contribution in [3.05, 3.63) is 54.1 Å². The van der Waals surface area contributed by atoms with Crippen molar-refractivity contribution in [2.75, 3.05) is 5.32 Å². The number of fused-ring (bicyclic) bond motifs is 1. The summed E-state index contributed by atoms with van der Waals surface area (Å²) >= 11 is 0. The number of carboxylic acid groups (broad SMARTS) is 1. The summed E-state index contributed by atoms with van der Waals surface area (Å²) in [7, 11) is 0. The molecule has 0 aliphatic heterocycles. The van der Waals surface area contributed by atoms with Crippen LogP contribution in [-0.4, -0.2) is 20.6 Å². The van der Waals surface area contributed by atoms with Gasteiger partial charge in [-0.1, -0.05) is 32.9 Å². The molecule has 1 aliphatic rings. The van der Waals surface area contributed by atoms with Crippen molar-refractivity contribution in [1.82, 2.24) is 9.55 Å². The average Bonchev–Trinajstić information content (AvgIpc) is 2.98. The second-order valence-electron chi connectivity index (χ2n) is 8.87. The highest BCUT2D eigenvalue weighted by molar-refractivity contribution is 5.88. The molecule has 1 heterocycles. The van der Waals surface area contributed by atoms with Gasteiger partial charge in [0, 0.05) is 11.7 Å². The largest absolute Gasteiger partial charge is 0.478 e. The van der Waals surface area contributed by atoms with Crippen molar-refractivity contribution >= 4 is 28.6 Å². The summed E-state index contributed by atoms with van der Waals surface area (Å²) in [5, 5.41) is 12.5. The smallest absolute Gasteiger partial charge is 0.335 e. The third-order valence-electron chi connectivity index (χ3n) is 5.71. The molecule has 3 aromatic rings. The zero-order valence-corrected chi connectivity index (χ0v) is 16.6. The number of nitrogens with one attached hydrogen (secondary N) is 1. The summed E-state index contributed by atoms with van der Waals surface area (Å²) < 4.78 is 2.35. The summed E-state index contributed by atoms with van der Waals surface area (Å²) in [6.07, 6.45) is 3.50. The van der Waals surface area contributed by atoms with E-state index in [1.54, 1.807) is 24.3 Å². The normalized spacial score (nSPS) is 21.5. The Bertz CT molecular complexity index is 1000. The molecule has 2 unspecified atom stereocenters. The zero-order valence-electron chi connectivity index (χ0n) is 16.6. The minimum absolute atomic E-state index is 0.280. The van der Waals surface area contributed by atoms with E-state index in [1.807, 2.05) is 12.1 Å². The van der Waals surface area contributed by atoms with E-state index < -0.39 is 5.97 Å². The van der Waals surface area contributed by atoms with E-state index >= 15 is 0 Å². The SMILES string of the molecule is CC1CC(n2c(Nc3ccc(C(=O)O)cc3)nc3ccccc32)CC(C)(C)C1. The van der Waals surface area contributed by atoms with Crippen molar-refractivity contribution in [1.29, 1.82) is 0 Å². The predicted molar refractivity (Wildman–Crippen MR) is 112 cm³/mol. The molecule has 28 heavy (non-hydrogen) atoms. The number of aromatic carboxylic acids is 1. The van der Waals surface area contributed by atoms with E-state index in [-0.39, 0.29) is 5.56 Å². The first kappa shape index (κ1) is 18.5. The van der Waals surface area contributed by atoms with Crippen LogP contribution < -0.4 is 5.32 Å². The van der Waals surface area contributed by atoms with Gasteiger partial charge in [-0.2, -0.15) is 0 Å². The Hall–Kier alpha value is -2.82. The van der Waals surface area contributed by atoms with Gasteiger partial charge in [0.15, 0.2) is 0 Å². The van der Waals surface area contributed by atoms with Gasteiger partial charge in [0.05, 0.1) is 16.6 Å². The van der Waals surface area contributed by atoms with Crippen LogP contribution in [0, 0.1) is 11.3 Å². The number of rotatable bonds is 4. The van der Waals surface area contributed by atoms with Crippen molar-refractivity contribution in [2.24, 2.45) is 11.3 Å². The molecule has 2 N–H and O–H groups in total. The Morgan fingerprint density at radius 1 is 1.14 bits per heavy atom. The number of anilines is 2. The van der Waals surface area contributed by atoms with Crippen molar-refractivity contribution in [3.63, 3.8) is 0 Å². The first-order valence-electron chi connectivity index (χ1n) is 9.90. The molecule has 0 saturated heterocycles. The van der Waals surface area contributed by atoms with Gasteiger partial charge in [0.2, 0.25) is 5.95 Å². The fourth-order valence-corrected chi connectivity index (χ4v) is 4.82. The Balaban J connectivity index is 1.74. The molecule has 1 aromatic heterocycles. The Kier molecular flexibility index (Phi) is 4.61. The maximum absolute atomic E-state index is 11.1. The van der Waals surface area contributed by atoms with Crippen LogP contribution in [0.1, 0.15) is 56.4 Å². The topological polar surface area (TPSA) is 67.2 Å². The van der Waals surface area contributed by atoms with E-state index in [2.05, 4.69) is 42.8 Å². The highest BCUT2D eigenvalue weighted by Crippen LogP contribution is 2.45. The Labute approximate surface area is 165 Å². The average molecular weight is 377 g/mol. The van der Waals surface area contributed by atoms with Gasteiger partial charge >= 0.3 is 5.97 Å². The third kappa shape index (κ3) is 3.61. The van der Waals surface area contributed by atoms with Crippen LogP contribution in [0.2, 0.25) is 0 Å². The van der Waals surface area contributed by atoms with Gasteiger partial charge in [-0.3, -0.25) is 0 Å². The molecule has 0 radical (unpaired) electrons. The Morgan fingerprint density at radius 2 is 1.86 bits per heavy atom. The highest BCUT2D eigenvalue weighted by Gasteiger charge is 2.34. The number of benzene rings is 2. The molecular weight excluding hydrogens is 350 g/mol. The van der Waals surface area contributed by atoms with Gasteiger partial charge in [0.1, 0.15) is 0 Å². The summed E-state index contributed by atoms with van der Waals surface area (Å²) in [6.45, 7) is 7.05. The van der Waals surface area contributed by atoms with Gasteiger partial charge in [0.25, 0.3) is 0 Å². The minimum Gasteiger partial charge on any atom is -0.478 e. The van der Waals surface area contributed by atoms with Crippen molar-refractivity contribution in [2.45, 2.75) is 46.1 Å². The van der Waals surface area contributed by atoms with E-state index in [4.69, 9.17) is 10.1 Å². The summed E-state index contributed by atoms with van der Waals surface area (Å²) in [6, 6.07) is 15.4. The van der Waals surface area contributed by atoms with Gasteiger partial charge < -0.3 is 15.0 Å².